The van der Waals surface area contributed by atoms with Crippen molar-refractivity contribution in [1.82, 2.24) is 14.7 Å². The molecular weight excluding hydrogens is 336 g/mol. The number of nitriles is 1. The summed E-state index contributed by atoms with van der Waals surface area (Å²) >= 11 is 6.00. The Balaban J connectivity index is 1.73. The standard InChI is InChI=1S/C19H15ClN4O/c1-23(19(25)14-7-8-15(12-21)18(20)11-14)13-16-9-10-24(22-16)17-5-3-2-4-6-17/h2-11H,13H2,1H3. The molecule has 124 valence electrons. The molecule has 0 aliphatic rings. The Morgan fingerprint density at radius 2 is 2.00 bits per heavy atom. The minimum atomic E-state index is -0.180. The normalized spacial score (nSPS) is 10.3. The lowest BCUT2D eigenvalue weighted by Crippen LogP contribution is -2.26. The lowest BCUT2D eigenvalue weighted by molar-refractivity contribution is 0.0783. The Hall–Kier alpha value is -3.10. The Labute approximate surface area is 150 Å². The van der Waals surface area contributed by atoms with Gasteiger partial charge in [0.05, 0.1) is 28.5 Å². The Morgan fingerprint density at radius 3 is 2.68 bits per heavy atom. The van der Waals surface area contributed by atoms with Gasteiger partial charge in [-0.3, -0.25) is 4.79 Å². The Bertz CT molecular complexity index is 944. The molecular formula is C19H15ClN4O. The van der Waals surface area contributed by atoms with Crippen LogP contribution in [-0.4, -0.2) is 27.6 Å². The highest BCUT2D eigenvalue weighted by molar-refractivity contribution is 6.32. The summed E-state index contributed by atoms with van der Waals surface area (Å²) in [4.78, 5) is 14.1. The number of benzene rings is 2. The van der Waals surface area contributed by atoms with E-state index in [1.807, 2.05) is 48.7 Å². The van der Waals surface area contributed by atoms with Gasteiger partial charge in [-0.1, -0.05) is 29.8 Å². The van der Waals surface area contributed by atoms with E-state index in [1.165, 1.54) is 6.07 Å². The molecule has 25 heavy (non-hydrogen) atoms. The van der Waals surface area contributed by atoms with Crippen LogP contribution < -0.4 is 0 Å². The summed E-state index contributed by atoms with van der Waals surface area (Å²) in [7, 11) is 1.70. The van der Waals surface area contributed by atoms with Crippen LogP contribution in [0.5, 0.6) is 0 Å². The number of rotatable bonds is 4. The van der Waals surface area contributed by atoms with Gasteiger partial charge in [-0.25, -0.2) is 4.68 Å². The van der Waals surface area contributed by atoms with E-state index in [-0.39, 0.29) is 10.9 Å². The zero-order valence-corrected chi connectivity index (χ0v) is 14.3. The van der Waals surface area contributed by atoms with E-state index in [4.69, 9.17) is 16.9 Å². The molecule has 6 heteroatoms. The van der Waals surface area contributed by atoms with Crippen LogP contribution in [0.1, 0.15) is 21.6 Å². The second kappa shape index (κ2) is 7.20. The molecule has 3 rings (SSSR count). The van der Waals surface area contributed by atoms with Crippen LogP contribution in [0.25, 0.3) is 5.69 Å². The van der Waals surface area contributed by atoms with Gasteiger partial charge in [0.15, 0.2) is 0 Å². The second-order valence-corrected chi connectivity index (χ2v) is 5.96. The van der Waals surface area contributed by atoms with Crippen molar-refractivity contribution in [1.29, 1.82) is 5.26 Å². The highest BCUT2D eigenvalue weighted by Gasteiger charge is 2.15. The number of carbonyl (C=O) groups excluding carboxylic acids is 1. The van der Waals surface area contributed by atoms with Crippen LogP contribution in [0, 0.1) is 11.3 Å². The van der Waals surface area contributed by atoms with Crippen LogP contribution in [-0.2, 0) is 6.54 Å². The van der Waals surface area contributed by atoms with E-state index in [9.17, 15) is 4.79 Å². The van der Waals surface area contributed by atoms with Crippen molar-refractivity contribution in [3.63, 3.8) is 0 Å². The fourth-order valence-electron chi connectivity index (χ4n) is 2.44. The summed E-state index contributed by atoms with van der Waals surface area (Å²) in [6.45, 7) is 0.371. The quantitative estimate of drug-likeness (QED) is 0.721. The number of aromatic nitrogens is 2. The minimum Gasteiger partial charge on any atom is -0.336 e. The maximum atomic E-state index is 12.5. The van der Waals surface area contributed by atoms with Crippen molar-refractivity contribution >= 4 is 17.5 Å². The van der Waals surface area contributed by atoms with E-state index < -0.39 is 0 Å². The van der Waals surface area contributed by atoms with Crippen molar-refractivity contribution < 1.29 is 4.79 Å². The summed E-state index contributed by atoms with van der Waals surface area (Å²) in [6.07, 6.45) is 1.86. The van der Waals surface area contributed by atoms with Crippen LogP contribution in [0.15, 0.2) is 60.8 Å². The highest BCUT2D eigenvalue weighted by atomic mass is 35.5. The number of hydrogen-bond acceptors (Lipinski definition) is 3. The predicted molar refractivity (Wildman–Crippen MR) is 95.5 cm³/mol. The molecule has 2 aromatic carbocycles. The molecule has 3 aromatic rings. The molecule has 0 spiro atoms. The van der Waals surface area contributed by atoms with Gasteiger partial charge in [0, 0.05) is 18.8 Å². The molecule has 0 aliphatic carbocycles. The van der Waals surface area contributed by atoms with Gasteiger partial charge >= 0.3 is 0 Å². The van der Waals surface area contributed by atoms with Crippen molar-refractivity contribution in [3.05, 3.63) is 82.6 Å². The molecule has 1 amide bonds. The topological polar surface area (TPSA) is 61.9 Å². The molecule has 0 unspecified atom stereocenters. The van der Waals surface area contributed by atoms with Gasteiger partial charge in [0.25, 0.3) is 5.91 Å². The van der Waals surface area contributed by atoms with Gasteiger partial charge in [-0.05, 0) is 36.4 Å². The SMILES string of the molecule is CN(Cc1ccn(-c2ccccc2)n1)C(=O)c1ccc(C#N)c(Cl)c1. The minimum absolute atomic E-state index is 0.180. The number of amides is 1. The molecule has 0 radical (unpaired) electrons. The fourth-order valence-corrected chi connectivity index (χ4v) is 2.67. The summed E-state index contributed by atoms with van der Waals surface area (Å²) in [5.74, 6) is -0.180. The molecule has 0 atom stereocenters. The number of hydrogen-bond donors (Lipinski definition) is 0. The van der Waals surface area contributed by atoms with Crippen LogP contribution in [0.2, 0.25) is 5.02 Å². The number of nitrogens with zero attached hydrogens (tertiary/aromatic N) is 4. The van der Waals surface area contributed by atoms with Gasteiger partial charge < -0.3 is 4.90 Å². The molecule has 0 aliphatic heterocycles. The third-order valence-electron chi connectivity index (χ3n) is 3.75. The largest absolute Gasteiger partial charge is 0.336 e. The van der Waals surface area contributed by atoms with Crippen molar-refractivity contribution in [2.75, 3.05) is 7.05 Å². The predicted octanol–water partition coefficient (Wildman–Crippen LogP) is 3.67. The van der Waals surface area contributed by atoms with E-state index in [0.29, 0.717) is 17.7 Å². The Kier molecular flexibility index (Phi) is 4.82. The molecule has 0 bridgehead atoms. The summed E-state index contributed by atoms with van der Waals surface area (Å²) in [5.41, 5.74) is 2.53. The van der Waals surface area contributed by atoms with Crippen LogP contribution in [0.3, 0.4) is 0 Å². The fraction of sp³-hybridized carbons (Fsp3) is 0.105. The first kappa shape index (κ1) is 16.7. The van der Waals surface area contributed by atoms with E-state index in [2.05, 4.69) is 5.10 Å². The van der Waals surface area contributed by atoms with Gasteiger partial charge in [0.2, 0.25) is 0 Å². The zero-order chi connectivity index (χ0) is 17.8. The van der Waals surface area contributed by atoms with Crippen molar-refractivity contribution in [3.8, 4) is 11.8 Å². The Morgan fingerprint density at radius 1 is 1.24 bits per heavy atom. The third-order valence-corrected chi connectivity index (χ3v) is 4.06. The summed E-state index contributed by atoms with van der Waals surface area (Å²) in [6, 6.07) is 18.3. The van der Waals surface area contributed by atoms with Crippen molar-refractivity contribution in [2.45, 2.75) is 6.54 Å². The van der Waals surface area contributed by atoms with Gasteiger partial charge in [0.1, 0.15) is 6.07 Å². The molecule has 1 aromatic heterocycles. The van der Waals surface area contributed by atoms with E-state index in [0.717, 1.165) is 11.4 Å². The second-order valence-electron chi connectivity index (χ2n) is 5.55. The molecule has 0 saturated heterocycles. The van der Waals surface area contributed by atoms with Crippen LogP contribution >= 0.6 is 11.6 Å². The third kappa shape index (κ3) is 3.70. The number of carbonyl (C=O) groups is 1. The first-order valence-corrected chi connectivity index (χ1v) is 8.01. The molecule has 0 fully saturated rings. The van der Waals surface area contributed by atoms with Gasteiger partial charge in [-0.2, -0.15) is 10.4 Å². The first-order chi connectivity index (χ1) is 12.1. The molecule has 5 nitrogen and oxygen atoms in total. The monoisotopic (exact) mass is 350 g/mol. The average molecular weight is 351 g/mol. The first-order valence-electron chi connectivity index (χ1n) is 7.63. The summed E-state index contributed by atoms with van der Waals surface area (Å²) < 4.78 is 1.77. The lowest BCUT2D eigenvalue weighted by atomic mass is 10.1. The molecule has 1 heterocycles. The lowest BCUT2D eigenvalue weighted by Gasteiger charge is -2.16. The summed E-state index contributed by atoms with van der Waals surface area (Å²) in [5, 5.41) is 13.7. The number of para-hydroxylation sites is 1. The van der Waals surface area contributed by atoms with Crippen molar-refractivity contribution in [2.24, 2.45) is 0 Å². The average Bonchev–Trinajstić information content (AvgIpc) is 3.10. The van der Waals surface area contributed by atoms with E-state index >= 15 is 0 Å². The number of halogens is 1. The highest BCUT2D eigenvalue weighted by Crippen LogP contribution is 2.18. The molecule has 0 saturated carbocycles. The maximum absolute atomic E-state index is 12.5. The smallest absolute Gasteiger partial charge is 0.254 e. The zero-order valence-electron chi connectivity index (χ0n) is 13.6. The van der Waals surface area contributed by atoms with Crippen LogP contribution in [0.4, 0.5) is 0 Å². The van der Waals surface area contributed by atoms with Gasteiger partial charge in [-0.15, -0.1) is 0 Å². The maximum Gasteiger partial charge on any atom is 0.254 e. The molecule has 0 N–H and O–H groups in total. The van der Waals surface area contributed by atoms with E-state index in [1.54, 1.807) is 28.8 Å².